The molecule has 0 radical (unpaired) electrons. The van der Waals surface area contributed by atoms with Crippen molar-refractivity contribution in [2.24, 2.45) is 5.10 Å². The highest BCUT2D eigenvalue weighted by atomic mass is 16.2. The number of carbonyl (C=O) groups excluding carboxylic acids is 1. The highest BCUT2D eigenvalue weighted by molar-refractivity contribution is 6.10. The molecule has 6 heteroatoms. The smallest absolute Gasteiger partial charge is 0.253 e. The fraction of sp³-hybridized carbons (Fsp3) is 0.333. The number of benzene rings is 1. The molecular weight excluding hydrogens is 266 g/mol. The van der Waals surface area contributed by atoms with Crippen molar-refractivity contribution < 1.29 is 4.79 Å². The normalized spacial score (nSPS) is 13.7. The van der Waals surface area contributed by atoms with Gasteiger partial charge in [-0.2, -0.15) is 15.6 Å². The summed E-state index contributed by atoms with van der Waals surface area (Å²) in [6.45, 7) is 1.59. The molecule has 0 atom stereocenters. The minimum atomic E-state index is -0.261. The van der Waals surface area contributed by atoms with E-state index in [9.17, 15) is 4.79 Å². The molecule has 1 saturated heterocycles. The summed E-state index contributed by atoms with van der Waals surface area (Å²) in [6.07, 6.45) is 3.26. The Morgan fingerprint density at radius 1 is 1.19 bits per heavy atom. The van der Waals surface area contributed by atoms with E-state index < -0.39 is 0 Å². The fourth-order valence-electron chi connectivity index (χ4n) is 2.20. The molecule has 21 heavy (non-hydrogen) atoms. The SMILES string of the molecule is N#CC(C#N)=NNc1cccc(C(=O)N2CCCCC2)c1. The lowest BCUT2D eigenvalue weighted by Crippen LogP contribution is -2.35. The number of hydrogen-bond acceptors (Lipinski definition) is 5. The van der Waals surface area contributed by atoms with Gasteiger partial charge in [-0.3, -0.25) is 10.2 Å². The third-order valence-corrected chi connectivity index (χ3v) is 3.26. The van der Waals surface area contributed by atoms with Crippen LogP contribution in [0.1, 0.15) is 29.6 Å². The highest BCUT2D eigenvalue weighted by Crippen LogP contribution is 2.16. The van der Waals surface area contributed by atoms with E-state index in [4.69, 9.17) is 10.5 Å². The summed E-state index contributed by atoms with van der Waals surface area (Å²) in [5.41, 5.74) is 3.50. The summed E-state index contributed by atoms with van der Waals surface area (Å²) in [6, 6.07) is 10.2. The summed E-state index contributed by atoms with van der Waals surface area (Å²) in [7, 11) is 0. The zero-order valence-electron chi connectivity index (χ0n) is 11.5. The van der Waals surface area contributed by atoms with Crippen LogP contribution in [-0.4, -0.2) is 29.6 Å². The first-order chi connectivity index (χ1) is 10.2. The zero-order chi connectivity index (χ0) is 15.1. The van der Waals surface area contributed by atoms with Crippen molar-refractivity contribution >= 4 is 17.3 Å². The molecule has 1 fully saturated rings. The number of nitrogens with one attached hydrogen (secondary N) is 1. The molecule has 1 N–H and O–H groups in total. The second kappa shape index (κ2) is 7.06. The van der Waals surface area contributed by atoms with Gasteiger partial charge in [-0.15, -0.1) is 0 Å². The standard InChI is InChI=1S/C15H15N5O/c16-10-14(11-17)19-18-13-6-4-5-12(9-13)15(21)20-7-2-1-3-8-20/h4-6,9,18H,1-3,7-8H2. The largest absolute Gasteiger partial charge is 0.339 e. The Hall–Kier alpha value is -2.86. The van der Waals surface area contributed by atoms with Gasteiger partial charge in [0.1, 0.15) is 12.1 Å². The quantitative estimate of drug-likeness (QED) is 0.678. The number of carbonyl (C=O) groups is 1. The highest BCUT2D eigenvalue weighted by Gasteiger charge is 2.18. The number of hydrazone groups is 1. The predicted molar refractivity (Wildman–Crippen MR) is 78.5 cm³/mol. The molecule has 2 rings (SSSR count). The van der Waals surface area contributed by atoms with Gasteiger partial charge in [-0.1, -0.05) is 6.07 Å². The maximum absolute atomic E-state index is 12.4. The van der Waals surface area contributed by atoms with Gasteiger partial charge in [-0.05, 0) is 37.5 Å². The Balaban J connectivity index is 2.10. The molecule has 1 amide bonds. The van der Waals surface area contributed by atoms with Gasteiger partial charge in [-0.25, -0.2) is 0 Å². The van der Waals surface area contributed by atoms with Crippen molar-refractivity contribution in [1.29, 1.82) is 10.5 Å². The fourth-order valence-corrected chi connectivity index (χ4v) is 2.20. The molecule has 106 valence electrons. The van der Waals surface area contributed by atoms with Crippen molar-refractivity contribution in [2.75, 3.05) is 18.5 Å². The number of nitriles is 2. The third-order valence-electron chi connectivity index (χ3n) is 3.26. The average Bonchev–Trinajstić information content (AvgIpc) is 2.56. The first-order valence-electron chi connectivity index (χ1n) is 6.78. The molecule has 1 heterocycles. The number of anilines is 1. The van der Waals surface area contributed by atoms with Gasteiger partial charge in [0.25, 0.3) is 5.91 Å². The lowest BCUT2D eigenvalue weighted by molar-refractivity contribution is 0.0724. The lowest BCUT2D eigenvalue weighted by atomic mass is 10.1. The van der Waals surface area contributed by atoms with Crippen molar-refractivity contribution in [3.63, 3.8) is 0 Å². The Bertz CT molecular complexity index is 616. The molecular formula is C15H15N5O. The van der Waals surface area contributed by atoms with Crippen LogP contribution in [0.4, 0.5) is 5.69 Å². The van der Waals surface area contributed by atoms with E-state index in [1.54, 1.807) is 36.4 Å². The van der Waals surface area contributed by atoms with Crippen LogP contribution in [0.25, 0.3) is 0 Å². The molecule has 0 unspecified atom stereocenters. The summed E-state index contributed by atoms with van der Waals surface area (Å²) < 4.78 is 0. The number of amides is 1. The maximum Gasteiger partial charge on any atom is 0.253 e. The van der Waals surface area contributed by atoms with Gasteiger partial charge >= 0.3 is 0 Å². The second-order valence-electron chi connectivity index (χ2n) is 4.73. The van der Waals surface area contributed by atoms with Gasteiger partial charge < -0.3 is 4.90 Å². The van der Waals surface area contributed by atoms with Crippen LogP contribution in [0.5, 0.6) is 0 Å². The minimum Gasteiger partial charge on any atom is -0.339 e. The van der Waals surface area contributed by atoms with E-state index in [2.05, 4.69) is 10.5 Å². The van der Waals surface area contributed by atoms with E-state index >= 15 is 0 Å². The summed E-state index contributed by atoms with van der Waals surface area (Å²) in [4.78, 5) is 14.2. The first kappa shape index (κ1) is 14.5. The van der Waals surface area contributed by atoms with Crippen LogP contribution in [0.3, 0.4) is 0 Å². The topological polar surface area (TPSA) is 92.3 Å². The van der Waals surface area contributed by atoms with Gasteiger partial charge in [0.2, 0.25) is 5.71 Å². The monoisotopic (exact) mass is 281 g/mol. The molecule has 1 aromatic rings. The van der Waals surface area contributed by atoms with Crippen molar-refractivity contribution in [3.8, 4) is 12.1 Å². The summed E-state index contributed by atoms with van der Waals surface area (Å²) in [5.74, 6) is 0.00289. The Labute approximate surface area is 123 Å². The van der Waals surface area contributed by atoms with Gasteiger partial charge in [0, 0.05) is 18.7 Å². The number of piperidine rings is 1. The predicted octanol–water partition coefficient (Wildman–Crippen LogP) is 2.13. The second-order valence-corrected chi connectivity index (χ2v) is 4.73. The molecule has 1 aromatic carbocycles. The molecule has 0 saturated carbocycles. The van der Waals surface area contributed by atoms with Crippen LogP contribution in [0.15, 0.2) is 29.4 Å². The Morgan fingerprint density at radius 3 is 2.57 bits per heavy atom. The number of nitrogens with zero attached hydrogens (tertiary/aromatic N) is 4. The van der Waals surface area contributed by atoms with E-state index in [1.165, 1.54) is 6.42 Å². The van der Waals surface area contributed by atoms with E-state index in [0.717, 1.165) is 25.9 Å². The molecule has 0 bridgehead atoms. The summed E-state index contributed by atoms with van der Waals surface area (Å²) in [5, 5.41) is 20.9. The van der Waals surface area contributed by atoms with Crippen LogP contribution >= 0.6 is 0 Å². The van der Waals surface area contributed by atoms with E-state index in [-0.39, 0.29) is 11.6 Å². The molecule has 0 spiro atoms. The van der Waals surface area contributed by atoms with Crippen LogP contribution in [0, 0.1) is 22.7 Å². The van der Waals surface area contributed by atoms with Crippen molar-refractivity contribution in [3.05, 3.63) is 29.8 Å². The minimum absolute atomic E-state index is 0.00289. The number of likely N-dealkylation sites (tertiary alicyclic amines) is 1. The molecule has 0 aromatic heterocycles. The number of rotatable bonds is 3. The molecule has 6 nitrogen and oxygen atoms in total. The molecule has 1 aliphatic rings. The van der Waals surface area contributed by atoms with E-state index in [0.29, 0.717) is 11.3 Å². The van der Waals surface area contributed by atoms with Gasteiger partial charge in [0.05, 0.1) is 5.69 Å². The summed E-state index contributed by atoms with van der Waals surface area (Å²) >= 11 is 0. The van der Waals surface area contributed by atoms with Crippen LogP contribution in [-0.2, 0) is 0 Å². The first-order valence-corrected chi connectivity index (χ1v) is 6.78. The maximum atomic E-state index is 12.4. The number of hydrogen-bond donors (Lipinski definition) is 1. The Kier molecular flexibility index (Phi) is 4.89. The zero-order valence-corrected chi connectivity index (χ0v) is 11.5. The molecule has 1 aliphatic heterocycles. The van der Waals surface area contributed by atoms with Gasteiger partial charge in [0.15, 0.2) is 0 Å². The average molecular weight is 281 g/mol. The molecule has 0 aliphatic carbocycles. The Morgan fingerprint density at radius 2 is 1.90 bits per heavy atom. The van der Waals surface area contributed by atoms with E-state index in [1.807, 2.05) is 4.90 Å². The van der Waals surface area contributed by atoms with Crippen LogP contribution < -0.4 is 5.43 Å². The van der Waals surface area contributed by atoms with Crippen molar-refractivity contribution in [2.45, 2.75) is 19.3 Å². The lowest BCUT2D eigenvalue weighted by Gasteiger charge is -2.26. The van der Waals surface area contributed by atoms with Crippen LogP contribution in [0.2, 0.25) is 0 Å². The third kappa shape index (κ3) is 3.80. The van der Waals surface area contributed by atoms with Crippen molar-refractivity contribution in [1.82, 2.24) is 4.90 Å².